The molecule has 0 amide bonds. The van der Waals surface area contributed by atoms with Gasteiger partial charge in [0.15, 0.2) is 0 Å². The highest BCUT2D eigenvalue weighted by atomic mass is 127. The first kappa shape index (κ1) is 10.3. The Morgan fingerprint density at radius 2 is 2.42 bits per heavy atom. The van der Waals surface area contributed by atoms with Gasteiger partial charge in [-0.15, -0.1) is 12.4 Å². The van der Waals surface area contributed by atoms with Crippen LogP contribution in [0.3, 0.4) is 0 Å². The molecule has 12 heavy (non-hydrogen) atoms. The van der Waals surface area contributed by atoms with Crippen LogP contribution in [0.15, 0.2) is 6.20 Å². The molecule has 1 aromatic heterocycles. The summed E-state index contributed by atoms with van der Waals surface area (Å²) in [5.41, 5.74) is 0. The molecule has 1 unspecified atom stereocenters. The number of hydrogen-bond acceptors (Lipinski definition) is 2. The van der Waals surface area contributed by atoms with E-state index in [1.54, 1.807) is 0 Å². The van der Waals surface area contributed by atoms with Gasteiger partial charge in [-0.25, -0.2) is 4.98 Å². The molecule has 5 heteroatoms. The molecule has 1 atom stereocenters. The normalized spacial score (nSPS) is 22.2. The van der Waals surface area contributed by atoms with Gasteiger partial charge in [0.25, 0.3) is 0 Å². The summed E-state index contributed by atoms with van der Waals surface area (Å²) in [5, 5.41) is 3.39. The number of H-pyrrole nitrogens is 1. The van der Waals surface area contributed by atoms with Gasteiger partial charge in [-0.2, -0.15) is 0 Å². The lowest BCUT2D eigenvalue weighted by atomic mass is 10.2. The van der Waals surface area contributed by atoms with Crippen LogP contribution in [-0.2, 0) is 0 Å². The summed E-state index contributed by atoms with van der Waals surface area (Å²) in [6, 6.07) is 0.471. The van der Waals surface area contributed by atoms with E-state index in [9.17, 15) is 0 Å². The molecule has 68 valence electrons. The van der Waals surface area contributed by atoms with Crippen LogP contribution in [-0.4, -0.2) is 16.5 Å². The van der Waals surface area contributed by atoms with Crippen molar-refractivity contribution in [2.75, 3.05) is 6.54 Å². The number of aromatic nitrogens is 2. The van der Waals surface area contributed by atoms with Crippen LogP contribution in [0.2, 0.25) is 0 Å². The van der Waals surface area contributed by atoms with E-state index in [2.05, 4.69) is 37.9 Å². The van der Waals surface area contributed by atoms with Crippen LogP contribution in [0.5, 0.6) is 0 Å². The number of imidazole rings is 1. The van der Waals surface area contributed by atoms with E-state index >= 15 is 0 Å². The lowest BCUT2D eigenvalue weighted by molar-refractivity contribution is 0.612. The Morgan fingerprint density at radius 3 is 2.92 bits per heavy atom. The van der Waals surface area contributed by atoms with Crippen molar-refractivity contribution in [1.82, 2.24) is 15.3 Å². The number of halogens is 2. The second-order valence-corrected chi connectivity index (χ2v) is 3.86. The zero-order chi connectivity index (χ0) is 7.68. The third-order valence-electron chi connectivity index (χ3n) is 1.96. The zero-order valence-electron chi connectivity index (χ0n) is 6.51. The highest BCUT2D eigenvalue weighted by molar-refractivity contribution is 14.1. The molecule has 2 heterocycles. The highest BCUT2D eigenvalue weighted by Crippen LogP contribution is 2.20. The molecule has 2 rings (SSSR count). The molecule has 0 spiro atoms. The fourth-order valence-electron chi connectivity index (χ4n) is 1.41. The molecule has 1 saturated heterocycles. The summed E-state index contributed by atoms with van der Waals surface area (Å²) >= 11 is 2.22. The Balaban J connectivity index is 0.000000720. The maximum atomic E-state index is 4.36. The van der Waals surface area contributed by atoms with Crippen LogP contribution in [0.4, 0.5) is 0 Å². The van der Waals surface area contributed by atoms with E-state index < -0.39 is 0 Å². The first-order chi connectivity index (χ1) is 5.36. The minimum atomic E-state index is 0. The van der Waals surface area contributed by atoms with Crippen molar-refractivity contribution in [3.8, 4) is 0 Å². The van der Waals surface area contributed by atoms with Crippen molar-refractivity contribution in [3.63, 3.8) is 0 Å². The Labute approximate surface area is 91.3 Å². The summed E-state index contributed by atoms with van der Waals surface area (Å²) in [6.45, 7) is 1.13. The third-order valence-corrected chi connectivity index (χ3v) is 2.51. The number of nitrogens with one attached hydrogen (secondary N) is 2. The standard InChI is InChI=1S/C7H10IN3.ClH/c8-6-4-10-7(11-6)5-2-1-3-9-5;/h4-5,9H,1-3H2,(H,10,11);1H. The van der Waals surface area contributed by atoms with E-state index in [1.807, 2.05) is 6.20 Å². The van der Waals surface area contributed by atoms with Gasteiger partial charge in [0, 0.05) is 6.20 Å². The first-order valence-electron chi connectivity index (χ1n) is 3.80. The lowest BCUT2D eigenvalue weighted by Gasteiger charge is -2.04. The van der Waals surface area contributed by atoms with Gasteiger partial charge in [-0.3, -0.25) is 0 Å². The molecule has 1 aliphatic rings. The van der Waals surface area contributed by atoms with Crippen molar-refractivity contribution in [2.45, 2.75) is 18.9 Å². The second-order valence-electron chi connectivity index (χ2n) is 2.76. The van der Waals surface area contributed by atoms with Gasteiger partial charge < -0.3 is 10.3 Å². The van der Waals surface area contributed by atoms with E-state index in [1.165, 1.54) is 12.8 Å². The Hall–Kier alpha value is 0.190. The zero-order valence-corrected chi connectivity index (χ0v) is 9.48. The van der Waals surface area contributed by atoms with Gasteiger partial charge in [0.2, 0.25) is 0 Å². The van der Waals surface area contributed by atoms with Crippen molar-refractivity contribution in [2.24, 2.45) is 0 Å². The topological polar surface area (TPSA) is 40.7 Å². The second kappa shape index (κ2) is 4.43. The van der Waals surface area contributed by atoms with E-state index in [0.717, 1.165) is 16.1 Å². The van der Waals surface area contributed by atoms with Crippen LogP contribution in [0, 0.1) is 3.70 Å². The first-order valence-corrected chi connectivity index (χ1v) is 4.88. The van der Waals surface area contributed by atoms with Crippen molar-refractivity contribution < 1.29 is 0 Å². The average Bonchev–Trinajstić information content (AvgIpc) is 2.55. The lowest BCUT2D eigenvalue weighted by Crippen LogP contribution is -2.14. The number of rotatable bonds is 1. The van der Waals surface area contributed by atoms with Gasteiger partial charge in [-0.05, 0) is 42.0 Å². The number of nitrogens with zero attached hydrogens (tertiary/aromatic N) is 1. The van der Waals surface area contributed by atoms with E-state index in [0.29, 0.717) is 6.04 Å². The summed E-state index contributed by atoms with van der Waals surface area (Å²) < 4.78 is 1.05. The summed E-state index contributed by atoms with van der Waals surface area (Å²) in [5.74, 6) is 1.09. The molecule has 1 aromatic rings. The molecule has 1 aliphatic heterocycles. The smallest absolute Gasteiger partial charge is 0.124 e. The van der Waals surface area contributed by atoms with Gasteiger partial charge in [0.1, 0.15) is 9.53 Å². The molecule has 0 aliphatic carbocycles. The molecule has 0 aromatic carbocycles. The maximum absolute atomic E-state index is 4.36. The molecule has 3 nitrogen and oxygen atoms in total. The summed E-state index contributed by atoms with van der Waals surface area (Å²) in [4.78, 5) is 7.53. The molecule has 0 saturated carbocycles. The molecule has 0 bridgehead atoms. The van der Waals surface area contributed by atoms with Gasteiger partial charge in [0.05, 0.1) is 6.04 Å². The predicted octanol–water partition coefficient (Wildman–Crippen LogP) is 1.86. The largest absolute Gasteiger partial charge is 0.346 e. The number of aromatic amines is 1. The Bertz CT molecular complexity index is 245. The molecular formula is C7H11ClIN3. The highest BCUT2D eigenvalue weighted by Gasteiger charge is 2.18. The fraction of sp³-hybridized carbons (Fsp3) is 0.571. The van der Waals surface area contributed by atoms with Gasteiger partial charge >= 0.3 is 0 Å². The predicted molar refractivity (Wildman–Crippen MR) is 58.5 cm³/mol. The third kappa shape index (κ3) is 2.11. The van der Waals surface area contributed by atoms with Crippen LogP contribution < -0.4 is 5.32 Å². The van der Waals surface area contributed by atoms with Crippen molar-refractivity contribution in [1.29, 1.82) is 0 Å². The Kier molecular flexibility index (Phi) is 3.79. The van der Waals surface area contributed by atoms with Crippen molar-refractivity contribution >= 4 is 35.0 Å². The minimum absolute atomic E-state index is 0. The van der Waals surface area contributed by atoms with Crippen molar-refractivity contribution in [3.05, 3.63) is 15.7 Å². The molecule has 2 N–H and O–H groups in total. The van der Waals surface area contributed by atoms with Gasteiger partial charge in [-0.1, -0.05) is 0 Å². The van der Waals surface area contributed by atoms with Crippen LogP contribution in [0.25, 0.3) is 0 Å². The molecular weight excluding hydrogens is 288 g/mol. The summed E-state index contributed by atoms with van der Waals surface area (Å²) in [7, 11) is 0. The maximum Gasteiger partial charge on any atom is 0.124 e. The molecule has 0 radical (unpaired) electrons. The van der Waals surface area contributed by atoms with E-state index in [4.69, 9.17) is 0 Å². The quantitative estimate of drug-likeness (QED) is 0.777. The van der Waals surface area contributed by atoms with Crippen LogP contribution in [0.1, 0.15) is 24.7 Å². The monoisotopic (exact) mass is 299 g/mol. The number of hydrogen-bond donors (Lipinski definition) is 2. The van der Waals surface area contributed by atoms with Crippen LogP contribution >= 0.6 is 35.0 Å². The Morgan fingerprint density at radius 1 is 1.58 bits per heavy atom. The van der Waals surface area contributed by atoms with E-state index in [-0.39, 0.29) is 12.4 Å². The fourth-order valence-corrected chi connectivity index (χ4v) is 1.83. The summed E-state index contributed by atoms with van der Waals surface area (Å²) in [6.07, 6.45) is 4.42. The average molecular weight is 300 g/mol. The minimum Gasteiger partial charge on any atom is -0.346 e. The SMILES string of the molecule is Cl.Ic1c[nH]c(C2CCCN2)n1. The molecule has 1 fully saturated rings.